The zero-order valence-corrected chi connectivity index (χ0v) is 15.0. The number of hydrogen-bond donors (Lipinski definition) is 1. The van der Waals surface area contributed by atoms with Crippen LogP contribution in [0.5, 0.6) is 0 Å². The molecule has 4 nitrogen and oxygen atoms in total. The second-order valence-corrected chi connectivity index (χ2v) is 6.43. The molecule has 0 unspecified atom stereocenters. The van der Waals surface area contributed by atoms with Crippen molar-refractivity contribution < 1.29 is 9.53 Å². The number of amides is 1. The van der Waals surface area contributed by atoms with E-state index in [2.05, 4.69) is 58.7 Å². The van der Waals surface area contributed by atoms with Crippen molar-refractivity contribution in [2.24, 2.45) is 0 Å². The maximum absolute atomic E-state index is 11.9. The summed E-state index contributed by atoms with van der Waals surface area (Å²) in [6.07, 6.45) is 0.720. The van der Waals surface area contributed by atoms with Gasteiger partial charge < -0.3 is 15.0 Å². The Labute approximate surface area is 149 Å². The Bertz CT molecular complexity index is 712. The second kappa shape index (κ2) is 8.17. The molecule has 1 atom stereocenters. The maximum atomic E-state index is 11.9. The summed E-state index contributed by atoms with van der Waals surface area (Å²) >= 11 is 0. The quantitative estimate of drug-likeness (QED) is 0.842. The number of hydrogen-bond acceptors (Lipinski definition) is 3. The van der Waals surface area contributed by atoms with Gasteiger partial charge in [-0.15, -0.1) is 0 Å². The normalized spacial score (nSPS) is 14.2. The third kappa shape index (κ3) is 4.40. The molecule has 0 spiro atoms. The molecule has 0 aliphatic carbocycles. The summed E-state index contributed by atoms with van der Waals surface area (Å²) in [7, 11) is 0. The molecule has 1 N–H and O–H groups in total. The zero-order chi connectivity index (χ0) is 17.6. The number of anilines is 1. The summed E-state index contributed by atoms with van der Waals surface area (Å²) in [4.78, 5) is 14.3. The Balaban J connectivity index is 1.54. The van der Waals surface area contributed by atoms with Gasteiger partial charge in [0.1, 0.15) is 6.10 Å². The molecule has 2 aromatic carbocycles. The van der Waals surface area contributed by atoms with Gasteiger partial charge in [0.15, 0.2) is 0 Å². The number of para-hydroxylation sites is 1. The van der Waals surface area contributed by atoms with Crippen LogP contribution in [0.2, 0.25) is 0 Å². The second-order valence-electron chi connectivity index (χ2n) is 6.43. The molecule has 4 heteroatoms. The molecule has 1 amide bonds. The number of rotatable bonds is 7. The van der Waals surface area contributed by atoms with E-state index in [1.54, 1.807) is 6.92 Å². The predicted octanol–water partition coefficient (Wildman–Crippen LogP) is 3.29. The molecule has 0 aromatic heterocycles. The van der Waals surface area contributed by atoms with Gasteiger partial charge in [0, 0.05) is 31.9 Å². The molecule has 3 rings (SSSR count). The van der Waals surface area contributed by atoms with Crippen molar-refractivity contribution in [1.29, 1.82) is 0 Å². The van der Waals surface area contributed by atoms with E-state index in [-0.39, 0.29) is 5.91 Å². The Morgan fingerprint density at radius 3 is 2.64 bits per heavy atom. The van der Waals surface area contributed by atoms with Crippen molar-refractivity contribution in [3.05, 3.63) is 65.2 Å². The highest BCUT2D eigenvalue weighted by molar-refractivity contribution is 5.80. The van der Waals surface area contributed by atoms with E-state index in [1.165, 1.54) is 16.8 Å². The van der Waals surface area contributed by atoms with E-state index in [1.807, 2.05) is 6.92 Å². The van der Waals surface area contributed by atoms with Gasteiger partial charge in [0.2, 0.25) is 5.91 Å². The van der Waals surface area contributed by atoms with Crippen molar-refractivity contribution in [1.82, 2.24) is 5.32 Å². The molecule has 0 saturated carbocycles. The van der Waals surface area contributed by atoms with Crippen molar-refractivity contribution >= 4 is 11.6 Å². The molecule has 1 heterocycles. The predicted molar refractivity (Wildman–Crippen MR) is 101 cm³/mol. The lowest BCUT2D eigenvalue weighted by molar-refractivity contribution is -0.131. The number of nitrogens with one attached hydrogen (secondary N) is 1. The summed E-state index contributed by atoms with van der Waals surface area (Å²) in [6.45, 7) is 6.74. The highest BCUT2D eigenvalue weighted by Crippen LogP contribution is 2.28. The van der Waals surface area contributed by atoms with Crippen LogP contribution in [0.1, 0.15) is 30.5 Å². The lowest BCUT2D eigenvalue weighted by atomic mass is 10.1. The Hall–Kier alpha value is -2.33. The van der Waals surface area contributed by atoms with E-state index < -0.39 is 6.10 Å². The molecule has 0 fully saturated rings. The van der Waals surface area contributed by atoms with Crippen LogP contribution in [0.3, 0.4) is 0 Å². The van der Waals surface area contributed by atoms with Gasteiger partial charge in [-0.25, -0.2) is 0 Å². The van der Waals surface area contributed by atoms with E-state index in [0.717, 1.165) is 25.1 Å². The van der Waals surface area contributed by atoms with Crippen molar-refractivity contribution in [2.45, 2.75) is 39.5 Å². The van der Waals surface area contributed by atoms with E-state index >= 15 is 0 Å². The standard InChI is InChI=1S/C21H26N2O2/c1-3-25-16(2)21(24)22-14-17-8-10-18(11-9-17)15-23-13-12-19-6-4-5-7-20(19)23/h4-11,16H,3,12-15H2,1-2H3,(H,22,24)/t16-/m1/s1. The summed E-state index contributed by atoms with van der Waals surface area (Å²) in [5.41, 5.74) is 5.17. The van der Waals surface area contributed by atoms with Gasteiger partial charge >= 0.3 is 0 Å². The number of carbonyl (C=O) groups excluding carboxylic acids is 1. The van der Waals surface area contributed by atoms with Crippen LogP contribution in [0.15, 0.2) is 48.5 Å². The van der Waals surface area contributed by atoms with Crippen LogP contribution in [-0.4, -0.2) is 25.2 Å². The molecule has 1 aliphatic rings. The third-order valence-corrected chi connectivity index (χ3v) is 4.63. The smallest absolute Gasteiger partial charge is 0.249 e. The summed E-state index contributed by atoms with van der Waals surface area (Å²) in [5, 5.41) is 2.91. The van der Waals surface area contributed by atoms with Crippen LogP contribution >= 0.6 is 0 Å². The fourth-order valence-corrected chi connectivity index (χ4v) is 3.21. The van der Waals surface area contributed by atoms with Gasteiger partial charge in [-0.3, -0.25) is 4.79 Å². The molecule has 2 aromatic rings. The van der Waals surface area contributed by atoms with Crippen LogP contribution in [0, 0.1) is 0 Å². The lowest BCUT2D eigenvalue weighted by Gasteiger charge is -2.19. The van der Waals surface area contributed by atoms with E-state index in [9.17, 15) is 4.79 Å². The Morgan fingerprint density at radius 1 is 1.16 bits per heavy atom. The molecule has 25 heavy (non-hydrogen) atoms. The molecule has 132 valence electrons. The fraction of sp³-hybridized carbons (Fsp3) is 0.381. The summed E-state index contributed by atoms with van der Waals surface area (Å²) in [5.74, 6) is -0.0698. The lowest BCUT2D eigenvalue weighted by Crippen LogP contribution is -2.34. The van der Waals surface area contributed by atoms with Gasteiger partial charge in [0.25, 0.3) is 0 Å². The maximum Gasteiger partial charge on any atom is 0.249 e. The van der Waals surface area contributed by atoms with Crippen LogP contribution < -0.4 is 10.2 Å². The van der Waals surface area contributed by atoms with Gasteiger partial charge in [-0.05, 0) is 43.0 Å². The monoisotopic (exact) mass is 338 g/mol. The van der Waals surface area contributed by atoms with Crippen molar-refractivity contribution in [3.8, 4) is 0 Å². The number of benzene rings is 2. The first-order valence-electron chi connectivity index (χ1n) is 8.97. The molecule has 0 bridgehead atoms. The highest BCUT2D eigenvalue weighted by Gasteiger charge is 2.18. The van der Waals surface area contributed by atoms with Crippen molar-refractivity contribution in [3.63, 3.8) is 0 Å². The largest absolute Gasteiger partial charge is 0.369 e. The average molecular weight is 338 g/mol. The molecule has 1 aliphatic heterocycles. The molecular formula is C21H26N2O2. The Kier molecular flexibility index (Phi) is 5.71. The molecule has 0 radical (unpaired) electrons. The first-order valence-corrected chi connectivity index (χ1v) is 8.97. The van der Waals surface area contributed by atoms with Crippen molar-refractivity contribution in [2.75, 3.05) is 18.1 Å². The minimum atomic E-state index is -0.403. The fourth-order valence-electron chi connectivity index (χ4n) is 3.21. The SMILES string of the molecule is CCO[C@H](C)C(=O)NCc1ccc(CN2CCc3ccccc32)cc1. The number of ether oxygens (including phenoxy) is 1. The Morgan fingerprint density at radius 2 is 1.88 bits per heavy atom. The first-order chi connectivity index (χ1) is 12.2. The molecule has 0 saturated heterocycles. The average Bonchev–Trinajstić information content (AvgIpc) is 3.04. The summed E-state index contributed by atoms with van der Waals surface area (Å²) in [6, 6.07) is 17.1. The minimum absolute atomic E-state index is 0.0698. The number of carbonyl (C=O) groups is 1. The van der Waals surface area contributed by atoms with Crippen LogP contribution in [-0.2, 0) is 29.0 Å². The highest BCUT2D eigenvalue weighted by atomic mass is 16.5. The zero-order valence-electron chi connectivity index (χ0n) is 15.0. The van der Waals surface area contributed by atoms with Gasteiger partial charge in [0.05, 0.1) is 0 Å². The van der Waals surface area contributed by atoms with Crippen LogP contribution in [0.25, 0.3) is 0 Å². The van der Waals surface area contributed by atoms with E-state index in [4.69, 9.17) is 4.74 Å². The van der Waals surface area contributed by atoms with Gasteiger partial charge in [-0.2, -0.15) is 0 Å². The number of fused-ring (bicyclic) bond motifs is 1. The first kappa shape index (κ1) is 17.5. The topological polar surface area (TPSA) is 41.6 Å². The number of nitrogens with zero attached hydrogens (tertiary/aromatic N) is 1. The minimum Gasteiger partial charge on any atom is -0.369 e. The van der Waals surface area contributed by atoms with Crippen LogP contribution in [0.4, 0.5) is 5.69 Å². The van der Waals surface area contributed by atoms with Gasteiger partial charge in [-0.1, -0.05) is 42.5 Å². The third-order valence-electron chi connectivity index (χ3n) is 4.63. The summed E-state index contributed by atoms with van der Waals surface area (Å²) < 4.78 is 5.30. The molecular weight excluding hydrogens is 312 g/mol. The van der Waals surface area contributed by atoms with E-state index in [0.29, 0.717) is 13.2 Å².